The van der Waals surface area contributed by atoms with Gasteiger partial charge in [-0.3, -0.25) is 0 Å². The summed E-state index contributed by atoms with van der Waals surface area (Å²) in [5.41, 5.74) is 8.84. The Hall–Kier alpha value is -1.75. The number of nitrogens with two attached hydrogens (primary N) is 1. The van der Waals surface area contributed by atoms with Crippen molar-refractivity contribution in [3.05, 3.63) is 18.2 Å². The molecule has 5 heteroatoms. The van der Waals surface area contributed by atoms with Gasteiger partial charge in [-0.15, -0.1) is 0 Å². The molecule has 1 fully saturated rings. The molecule has 19 heavy (non-hydrogen) atoms. The highest BCUT2D eigenvalue weighted by Crippen LogP contribution is 2.48. The predicted octanol–water partition coefficient (Wildman–Crippen LogP) is 2.37. The van der Waals surface area contributed by atoms with Crippen molar-refractivity contribution in [2.24, 2.45) is 5.41 Å². The quantitative estimate of drug-likeness (QED) is 0.697. The van der Waals surface area contributed by atoms with Crippen molar-refractivity contribution in [3.8, 4) is 0 Å². The van der Waals surface area contributed by atoms with Gasteiger partial charge in [-0.1, -0.05) is 0 Å². The molecule has 4 N–H and O–H groups in total. The van der Waals surface area contributed by atoms with E-state index in [2.05, 4.69) is 15.3 Å². The minimum Gasteiger partial charge on any atom is -0.399 e. The van der Waals surface area contributed by atoms with Crippen LogP contribution >= 0.6 is 0 Å². The highest BCUT2D eigenvalue weighted by Gasteiger charge is 2.41. The van der Waals surface area contributed by atoms with E-state index in [0.29, 0.717) is 5.41 Å². The van der Waals surface area contributed by atoms with E-state index in [1.54, 1.807) is 7.11 Å². The van der Waals surface area contributed by atoms with Crippen LogP contribution in [0.5, 0.6) is 0 Å². The fourth-order valence-electron chi connectivity index (χ4n) is 2.39. The van der Waals surface area contributed by atoms with Gasteiger partial charge in [0.25, 0.3) is 0 Å². The second kappa shape index (κ2) is 4.74. The van der Waals surface area contributed by atoms with E-state index >= 15 is 0 Å². The number of ether oxygens (including phenoxy) is 1. The zero-order valence-corrected chi connectivity index (χ0v) is 11.2. The van der Waals surface area contributed by atoms with Gasteiger partial charge in [-0.2, -0.15) is 0 Å². The molecule has 1 heterocycles. The topological polar surface area (TPSA) is 76.0 Å². The molecule has 1 aliphatic rings. The molecule has 0 saturated heterocycles. The number of nitrogens with zero attached hydrogens (tertiary/aromatic N) is 1. The Morgan fingerprint density at radius 2 is 2.32 bits per heavy atom. The molecule has 1 aromatic heterocycles. The lowest BCUT2D eigenvalue weighted by molar-refractivity contribution is 0.175. The largest absolute Gasteiger partial charge is 0.399 e. The van der Waals surface area contributed by atoms with Gasteiger partial charge < -0.3 is 20.8 Å². The summed E-state index contributed by atoms with van der Waals surface area (Å²) in [5, 5.41) is 3.40. The average molecular weight is 260 g/mol. The first kappa shape index (κ1) is 12.3. The maximum absolute atomic E-state index is 5.76. The van der Waals surface area contributed by atoms with Gasteiger partial charge in [-0.25, -0.2) is 4.98 Å². The third-order valence-corrected chi connectivity index (χ3v) is 3.93. The fraction of sp³-hybridized carbons (Fsp3) is 0.500. The predicted molar refractivity (Wildman–Crippen MR) is 77.2 cm³/mol. The van der Waals surface area contributed by atoms with E-state index in [9.17, 15) is 0 Å². The summed E-state index contributed by atoms with van der Waals surface area (Å²) in [5.74, 6) is 0.823. The van der Waals surface area contributed by atoms with E-state index in [-0.39, 0.29) is 0 Å². The SMILES string of the molecule is COCCC1(CNc2nc3ccc(N)cc3[nH]2)CC1. The van der Waals surface area contributed by atoms with Crippen LogP contribution in [0.1, 0.15) is 19.3 Å². The number of methoxy groups -OCH3 is 1. The average Bonchev–Trinajstić information content (AvgIpc) is 3.06. The number of anilines is 2. The molecule has 0 unspecified atom stereocenters. The van der Waals surface area contributed by atoms with E-state index in [4.69, 9.17) is 10.5 Å². The van der Waals surface area contributed by atoms with Gasteiger partial charge in [0.15, 0.2) is 0 Å². The number of imidazole rings is 1. The summed E-state index contributed by atoms with van der Waals surface area (Å²) in [6, 6.07) is 5.71. The maximum Gasteiger partial charge on any atom is 0.201 e. The minimum atomic E-state index is 0.411. The Bertz CT molecular complexity index is 574. The summed E-state index contributed by atoms with van der Waals surface area (Å²) in [6.45, 7) is 1.78. The van der Waals surface area contributed by atoms with Crippen molar-refractivity contribution in [2.75, 3.05) is 31.3 Å². The van der Waals surface area contributed by atoms with Crippen LogP contribution in [0.15, 0.2) is 18.2 Å². The molecular formula is C14H20N4O. The minimum absolute atomic E-state index is 0.411. The van der Waals surface area contributed by atoms with E-state index < -0.39 is 0 Å². The monoisotopic (exact) mass is 260 g/mol. The number of rotatable bonds is 6. The summed E-state index contributed by atoms with van der Waals surface area (Å²) < 4.78 is 5.17. The second-order valence-corrected chi connectivity index (χ2v) is 5.46. The molecule has 0 bridgehead atoms. The van der Waals surface area contributed by atoms with Gasteiger partial charge in [0.1, 0.15) is 0 Å². The number of aromatic nitrogens is 2. The Morgan fingerprint density at radius 3 is 3.05 bits per heavy atom. The van der Waals surface area contributed by atoms with Gasteiger partial charge in [-0.05, 0) is 42.9 Å². The third kappa shape index (κ3) is 2.66. The molecule has 5 nitrogen and oxygen atoms in total. The van der Waals surface area contributed by atoms with Crippen LogP contribution in [0.4, 0.5) is 11.6 Å². The maximum atomic E-state index is 5.76. The summed E-state index contributed by atoms with van der Waals surface area (Å²) in [7, 11) is 1.76. The summed E-state index contributed by atoms with van der Waals surface area (Å²) in [4.78, 5) is 7.77. The standard InChI is InChI=1S/C14H20N4O/c1-19-7-6-14(4-5-14)9-16-13-17-11-3-2-10(15)8-12(11)18-13/h2-3,8H,4-7,9,15H2,1H3,(H2,16,17,18). The summed E-state index contributed by atoms with van der Waals surface area (Å²) >= 11 is 0. The Morgan fingerprint density at radius 1 is 1.47 bits per heavy atom. The van der Waals surface area contributed by atoms with Crippen LogP contribution < -0.4 is 11.1 Å². The second-order valence-electron chi connectivity index (χ2n) is 5.46. The molecule has 0 atom stereocenters. The van der Waals surface area contributed by atoms with E-state index in [0.717, 1.165) is 42.2 Å². The molecule has 0 spiro atoms. The first-order chi connectivity index (χ1) is 9.21. The van der Waals surface area contributed by atoms with Gasteiger partial charge in [0.2, 0.25) is 5.95 Å². The number of aromatic amines is 1. The molecule has 2 aromatic rings. The van der Waals surface area contributed by atoms with E-state index in [1.165, 1.54) is 12.8 Å². The zero-order chi connectivity index (χ0) is 13.3. The lowest BCUT2D eigenvalue weighted by Crippen LogP contribution is -2.17. The van der Waals surface area contributed by atoms with Crippen LogP contribution in [-0.4, -0.2) is 30.2 Å². The lowest BCUT2D eigenvalue weighted by Gasteiger charge is -2.14. The smallest absolute Gasteiger partial charge is 0.201 e. The van der Waals surface area contributed by atoms with Gasteiger partial charge in [0, 0.05) is 25.9 Å². The van der Waals surface area contributed by atoms with E-state index in [1.807, 2.05) is 18.2 Å². The van der Waals surface area contributed by atoms with Crippen molar-refractivity contribution in [3.63, 3.8) is 0 Å². The van der Waals surface area contributed by atoms with Crippen molar-refractivity contribution >= 4 is 22.7 Å². The van der Waals surface area contributed by atoms with Crippen LogP contribution in [0, 0.1) is 5.41 Å². The first-order valence-electron chi connectivity index (χ1n) is 6.69. The zero-order valence-electron chi connectivity index (χ0n) is 11.2. The third-order valence-electron chi connectivity index (χ3n) is 3.93. The number of hydrogen-bond donors (Lipinski definition) is 3. The lowest BCUT2D eigenvalue weighted by atomic mass is 10.0. The normalized spacial score (nSPS) is 16.7. The van der Waals surface area contributed by atoms with Crippen molar-refractivity contribution in [2.45, 2.75) is 19.3 Å². The number of H-pyrrole nitrogens is 1. The first-order valence-corrected chi connectivity index (χ1v) is 6.69. The molecule has 1 aliphatic carbocycles. The number of benzene rings is 1. The molecule has 0 amide bonds. The molecule has 0 aliphatic heterocycles. The van der Waals surface area contributed by atoms with Crippen molar-refractivity contribution in [1.29, 1.82) is 0 Å². The highest BCUT2D eigenvalue weighted by atomic mass is 16.5. The van der Waals surface area contributed by atoms with Crippen LogP contribution in [-0.2, 0) is 4.74 Å². The molecule has 3 rings (SSSR count). The van der Waals surface area contributed by atoms with Crippen molar-refractivity contribution in [1.82, 2.24) is 9.97 Å². The fourth-order valence-corrected chi connectivity index (χ4v) is 2.39. The van der Waals surface area contributed by atoms with Crippen LogP contribution in [0.2, 0.25) is 0 Å². The van der Waals surface area contributed by atoms with Gasteiger partial charge in [0.05, 0.1) is 11.0 Å². The molecule has 0 radical (unpaired) electrons. The molecular weight excluding hydrogens is 240 g/mol. The van der Waals surface area contributed by atoms with Crippen LogP contribution in [0.25, 0.3) is 11.0 Å². The number of nitrogens with one attached hydrogen (secondary N) is 2. The van der Waals surface area contributed by atoms with Crippen molar-refractivity contribution < 1.29 is 4.74 Å². The Labute approximate surface area is 112 Å². The number of nitrogen functional groups attached to an aromatic ring is 1. The Balaban J connectivity index is 1.65. The highest BCUT2D eigenvalue weighted by molar-refractivity contribution is 5.80. The van der Waals surface area contributed by atoms with Gasteiger partial charge >= 0.3 is 0 Å². The number of hydrogen-bond acceptors (Lipinski definition) is 4. The Kier molecular flexibility index (Phi) is 3.06. The molecule has 102 valence electrons. The number of fused-ring (bicyclic) bond motifs is 1. The molecule has 1 aromatic carbocycles. The summed E-state index contributed by atoms with van der Waals surface area (Å²) in [6.07, 6.45) is 3.66. The van der Waals surface area contributed by atoms with Crippen LogP contribution in [0.3, 0.4) is 0 Å². The molecule has 1 saturated carbocycles.